The summed E-state index contributed by atoms with van der Waals surface area (Å²) in [5, 5.41) is 0. The summed E-state index contributed by atoms with van der Waals surface area (Å²) in [5.74, 6) is -2.55. The summed E-state index contributed by atoms with van der Waals surface area (Å²) < 4.78 is -4.15. The van der Waals surface area contributed by atoms with E-state index in [1.165, 1.54) is 0 Å². The van der Waals surface area contributed by atoms with Gasteiger partial charge in [-0.2, -0.15) is 0 Å². The third-order valence-electron chi connectivity index (χ3n) is 7.28. The van der Waals surface area contributed by atoms with Gasteiger partial charge in [0.1, 0.15) is 34.7 Å². The normalized spacial score (nSPS) is 13.7. The molecule has 6 nitrogen and oxygen atoms in total. The van der Waals surface area contributed by atoms with E-state index in [1.807, 2.05) is 0 Å². The molecule has 0 aromatic heterocycles. The lowest BCUT2D eigenvalue weighted by atomic mass is 9.80. The summed E-state index contributed by atoms with van der Waals surface area (Å²) in [6.45, 7) is 30.5. The summed E-state index contributed by atoms with van der Waals surface area (Å²) in [6, 6.07) is 0. The van der Waals surface area contributed by atoms with Crippen molar-refractivity contribution < 1.29 is 28.8 Å². The number of rotatable bonds is 9. The first-order valence-electron chi connectivity index (χ1n) is 14.5. The van der Waals surface area contributed by atoms with Crippen LogP contribution in [0.25, 0.3) is 0 Å². The zero-order valence-electron chi connectivity index (χ0n) is 28.8. The summed E-state index contributed by atoms with van der Waals surface area (Å²) in [6.07, 6.45) is 0. The lowest BCUT2D eigenvalue weighted by molar-refractivity contribution is -0.136. The Bertz CT molecular complexity index is 817. The molecule has 0 amide bonds. The number of hydrogen-bond acceptors (Lipinski definition) is 6. The van der Waals surface area contributed by atoms with E-state index in [0.29, 0.717) is 0 Å². The second-order valence-electron chi connectivity index (χ2n) is 17.7. The Labute approximate surface area is 265 Å². The molecule has 0 unspecified atom stereocenters. The van der Waals surface area contributed by atoms with Crippen LogP contribution in [0.1, 0.15) is 125 Å². The Kier molecular flexibility index (Phi) is 13.8. The third-order valence-corrected chi connectivity index (χ3v) is 11.4. The van der Waals surface area contributed by atoms with Crippen LogP contribution in [0.3, 0.4) is 0 Å². The fourth-order valence-electron chi connectivity index (χ4n) is 4.78. The van der Waals surface area contributed by atoms with E-state index in [1.54, 1.807) is 125 Å². The zero-order valence-corrected chi connectivity index (χ0v) is 29.9. The molecule has 0 N–H and O–H groups in total. The Morgan fingerprint density at radius 2 is 0.415 bits per heavy atom. The maximum absolute atomic E-state index is 14.4. The van der Waals surface area contributed by atoms with E-state index in [9.17, 15) is 28.8 Å². The summed E-state index contributed by atoms with van der Waals surface area (Å²) >= 11 is -3.62. The molecule has 0 saturated carbocycles. The Morgan fingerprint density at radius 1 is 0.317 bits per heavy atom. The number of ketones is 6. The van der Waals surface area contributed by atoms with Gasteiger partial charge < -0.3 is 0 Å². The van der Waals surface area contributed by atoms with Gasteiger partial charge in [-0.3, -0.25) is 28.8 Å². The molecular formula is C33H60Al2O6. The molecule has 41 heavy (non-hydrogen) atoms. The minimum absolute atomic E-state index is 0. The van der Waals surface area contributed by atoms with Crippen LogP contribution < -0.4 is 0 Å². The van der Waals surface area contributed by atoms with Crippen LogP contribution in [0, 0.1) is 32.5 Å². The average molecular weight is 607 g/mol. The highest BCUT2D eigenvalue weighted by atomic mass is 27.2. The lowest BCUT2D eigenvalue weighted by Crippen LogP contribution is -2.57. The van der Waals surface area contributed by atoms with Crippen molar-refractivity contribution in [2.24, 2.45) is 32.5 Å². The van der Waals surface area contributed by atoms with Gasteiger partial charge in [0.2, 0.25) is 0 Å². The minimum atomic E-state index is -3.62. The van der Waals surface area contributed by atoms with Crippen LogP contribution in [0.15, 0.2) is 0 Å². The van der Waals surface area contributed by atoms with Gasteiger partial charge in [0, 0.05) is 46.8 Å². The van der Waals surface area contributed by atoms with Crippen molar-refractivity contribution in [1.82, 2.24) is 0 Å². The maximum atomic E-state index is 14.4. The van der Waals surface area contributed by atoms with E-state index in [-0.39, 0.29) is 17.4 Å². The number of carbonyl (C=O) groups excluding carboxylic acids is 6. The molecule has 0 bridgehead atoms. The Hall–Kier alpha value is -0.915. The van der Waals surface area contributed by atoms with Gasteiger partial charge in [-0.15, -0.1) is 0 Å². The van der Waals surface area contributed by atoms with E-state index in [4.69, 9.17) is 0 Å². The SMILES string of the molecule is CC(C)(C)C(=O)[CH](C(=O)C(C)(C)C)[Al]([CH](C(=O)C(C)(C)C)C(=O)C(C)(C)C)[CH](C(=O)C(C)(C)C)C(=O)C(C)(C)C.[AlH3]. The first kappa shape index (κ1) is 42.2. The van der Waals surface area contributed by atoms with E-state index >= 15 is 0 Å². The molecular weight excluding hydrogens is 546 g/mol. The van der Waals surface area contributed by atoms with E-state index in [2.05, 4.69) is 0 Å². The van der Waals surface area contributed by atoms with Crippen molar-refractivity contribution in [1.29, 1.82) is 0 Å². The molecule has 0 spiro atoms. The molecule has 0 aromatic rings. The maximum Gasteiger partial charge on any atom is 0.336 e. The minimum Gasteiger partial charge on any atom is -0.300 e. The van der Waals surface area contributed by atoms with Crippen LogP contribution in [0.4, 0.5) is 0 Å². The molecule has 0 aliphatic carbocycles. The van der Waals surface area contributed by atoms with Crippen molar-refractivity contribution in [3.63, 3.8) is 0 Å². The second kappa shape index (κ2) is 13.4. The highest BCUT2D eigenvalue weighted by Gasteiger charge is 2.62. The van der Waals surface area contributed by atoms with Crippen molar-refractivity contribution in [3.05, 3.63) is 0 Å². The van der Waals surface area contributed by atoms with Gasteiger partial charge in [0.25, 0.3) is 0 Å². The van der Waals surface area contributed by atoms with E-state index in [0.717, 1.165) is 0 Å². The van der Waals surface area contributed by atoms with Gasteiger partial charge in [-0.1, -0.05) is 125 Å². The molecule has 8 heteroatoms. The van der Waals surface area contributed by atoms with Gasteiger partial charge >= 0.3 is 14.1 Å². The highest BCUT2D eigenvalue weighted by molar-refractivity contribution is 6.84. The smallest absolute Gasteiger partial charge is 0.300 e. The lowest BCUT2D eigenvalue weighted by Gasteiger charge is -2.42. The topological polar surface area (TPSA) is 102 Å². The molecule has 0 rings (SSSR count). The van der Waals surface area contributed by atoms with Gasteiger partial charge in [0.05, 0.1) is 0 Å². The summed E-state index contributed by atoms with van der Waals surface area (Å²) in [4.78, 5) is 86.2. The predicted octanol–water partition coefficient (Wildman–Crippen LogP) is 6.10. The van der Waals surface area contributed by atoms with E-state index < -0.39 is 95.7 Å². The molecule has 0 saturated heterocycles. The van der Waals surface area contributed by atoms with Crippen LogP contribution >= 0.6 is 0 Å². The van der Waals surface area contributed by atoms with Crippen molar-refractivity contribution in [2.75, 3.05) is 0 Å². The van der Waals surface area contributed by atoms with Crippen molar-refractivity contribution in [2.45, 2.75) is 139 Å². The van der Waals surface area contributed by atoms with Crippen LogP contribution in [-0.2, 0) is 28.8 Å². The number of carbonyl (C=O) groups is 6. The second-order valence-corrected chi connectivity index (χ2v) is 20.9. The molecule has 234 valence electrons. The quantitative estimate of drug-likeness (QED) is 0.232. The molecule has 0 atom stereocenters. The Morgan fingerprint density at radius 3 is 0.488 bits per heavy atom. The molecule has 0 radical (unpaired) electrons. The highest BCUT2D eigenvalue weighted by Crippen LogP contribution is 2.48. The monoisotopic (exact) mass is 606 g/mol. The standard InChI is InChI=1S/3C11H19O2.2Al.3H/c3*1-10(2,3)8(12)7-9(13)11(4,5)6;;;;;/h3*7H,1-6H3;;;;;. The Balaban J connectivity index is 0. The average Bonchev–Trinajstić information content (AvgIpc) is 2.69. The molecule has 0 heterocycles. The van der Waals surface area contributed by atoms with Crippen LogP contribution in [-0.4, -0.2) is 66.2 Å². The van der Waals surface area contributed by atoms with Gasteiger partial charge in [0.15, 0.2) is 17.4 Å². The fourth-order valence-corrected chi connectivity index (χ4v) is 11.0. The molecule has 0 aromatic carbocycles. The largest absolute Gasteiger partial charge is 0.336 e. The number of Topliss-reactive ketones (excluding diaryl/α,β-unsaturated/α-hetero) is 6. The first-order valence-corrected chi connectivity index (χ1v) is 16.5. The summed E-state index contributed by atoms with van der Waals surface area (Å²) in [7, 11) is 0. The molecule has 0 fully saturated rings. The first-order chi connectivity index (χ1) is 17.2. The molecule has 0 aliphatic rings. The van der Waals surface area contributed by atoms with Crippen molar-refractivity contribution in [3.8, 4) is 0 Å². The zero-order chi connectivity index (χ0) is 32.8. The van der Waals surface area contributed by atoms with Gasteiger partial charge in [-0.25, -0.2) is 0 Å². The molecule has 0 aliphatic heterocycles. The predicted molar refractivity (Wildman–Crippen MR) is 174 cm³/mol. The third kappa shape index (κ3) is 10.6. The van der Waals surface area contributed by atoms with Crippen LogP contribution in [0.2, 0.25) is 14.3 Å². The summed E-state index contributed by atoms with van der Waals surface area (Å²) in [5.41, 5.74) is -6.10. The number of hydrogen-bond donors (Lipinski definition) is 0. The van der Waals surface area contributed by atoms with Crippen molar-refractivity contribution >= 4 is 66.2 Å². The van der Waals surface area contributed by atoms with Gasteiger partial charge in [-0.05, 0) is 0 Å². The fraction of sp³-hybridized carbons (Fsp3) is 0.818. The van der Waals surface area contributed by atoms with Crippen LogP contribution in [0.5, 0.6) is 0 Å².